The number of benzene rings is 1. The molecular weight excluding hydrogens is 344 g/mol. The third kappa shape index (κ3) is 3.54. The van der Waals surface area contributed by atoms with Gasteiger partial charge in [-0.25, -0.2) is 4.79 Å². The molecule has 0 saturated carbocycles. The number of carbonyl (C=O) groups excluding carboxylic acids is 1. The van der Waals surface area contributed by atoms with E-state index in [1.54, 1.807) is 24.7 Å². The smallest absolute Gasteiger partial charge is 0.340 e. The largest absolute Gasteiger partial charge is 0.465 e. The minimum absolute atomic E-state index is 0.117. The zero-order valence-electron chi connectivity index (χ0n) is 15.0. The van der Waals surface area contributed by atoms with Gasteiger partial charge in [-0.1, -0.05) is 6.07 Å². The molecule has 3 heterocycles. The van der Waals surface area contributed by atoms with Crippen molar-refractivity contribution in [2.24, 2.45) is 0 Å². The summed E-state index contributed by atoms with van der Waals surface area (Å²) in [7, 11) is 1.40. The van der Waals surface area contributed by atoms with Crippen LogP contribution in [0.2, 0.25) is 0 Å². The quantitative estimate of drug-likeness (QED) is 0.626. The molecule has 27 heavy (non-hydrogen) atoms. The van der Waals surface area contributed by atoms with E-state index in [9.17, 15) is 4.79 Å². The summed E-state index contributed by atoms with van der Waals surface area (Å²) >= 11 is 0. The van der Waals surface area contributed by atoms with E-state index in [0.717, 1.165) is 30.2 Å². The second-order valence-electron chi connectivity index (χ2n) is 6.29. The van der Waals surface area contributed by atoms with E-state index < -0.39 is 0 Å². The lowest BCUT2D eigenvalue weighted by Gasteiger charge is -2.41. The average Bonchev–Trinajstić information content (AvgIpc) is 3.21. The highest BCUT2D eigenvalue weighted by atomic mass is 16.5. The maximum atomic E-state index is 12.2. The highest BCUT2D eigenvalue weighted by Gasteiger charge is 2.31. The van der Waals surface area contributed by atoms with Gasteiger partial charge in [-0.15, -0.1) is 0 Å². The van der Waals surface area contributed by atoms with Crippen LogP contribution in [0.3, 0.4) is 0 Å². The van der Waals surface area contributed by atoms with Crippen LogP contribution in [0.25, 0.3) is 5.69 Å². The van der Waals surface area contributed by atoms with E-state index in [-0.39, 0.29) is 12.1 Å². The first-order valence-electron chi connectivity index (χ1n) is 8.72. The molecule has 0 N–H and O–H groups in total. The molecule has 3 aromatic rings. The van der Waals surface area contributed by atoms with Crippen LogP contribution in [0.4, 0.5) is 5.69 Å². The average molecular weight is 364 g/mol. The lowest BCUT2D eigenvalue weighted by Crippen LogP contribution is -2.52. The summed E-state index contributed by atoms with van der Waals surface area (Å²) in [5.74, 6) is -0.350. The molecule has 0 spiro atoms. The van der Waals surface area contributed by atoms with Crippen molar-refractivity contribution in [3.8, 4) is 5.69 Å². The maximum Gasteiger partial charge on any atom is 0.340 e. The molecule has 0 bridgehead atoms. The molecule has 7 nitrogen and oxygen atoms in total. The summed E-state index contributed by atoms with van der Waals surface area (Å²) in [5.41, 5.74) is 3.15. The Kier molecular flexibility index (Phi) is 4.84. The molecule has 1 aliphatic rings. The lowest BCUT2D eigenvalue weighted by molar-refractivity contribution is 0.0206. The Bertz CT molecular complexity index is 906. The Labute approximate surface area is 157 Å². The third-order valence-electron chi connectivity index (χ3n) is 4.55. The first kappa shape index (κ1) is 17.2. The molecular formula is C20H20N4O3. The monoisotopic (exact) mass is 364 g/mol. The number of rotatable bonds is 6. The second-order valence-corrected chi connectivity index (χ2v) is 6.29. The Hall–Kier alpha value is -3.19. The van der Waals surface area contributed by atoms with Crippen LogP contribution >= 0.6 is 0 Å². The number of carbonyl (C=O) groups is 1. The number of aromatic nitrogens is 3. The molecule has 0 radical (unpaired) electrons. The number of ether oxygens (including phenoxy) is 2. The number of anilines is 1. The first-order valence-corrected chi connectivity index (χ1v) is 8.72. The zero-order chi connectivity index (χ0) is 18.6. The normalized spacial score (nSPS) is 14.0. The molecule has 0 atom stereocenters. The summed E-state index contributed by atoms with van der Waals surface area (Å²) in [6.45, 7) is 1.94. The minimum atomic E-state index is -0.350. The van der Waals surface area contributed by atoms with E-state index in [0.29, 0.717) is 12.2 Å². The Morgan fingerprint density at radius 3 is 2.70 bits per heavy atom. The topological polar surface area (TPSA) is 69.5 Å². The van der Waals surface area contributed by atoms with Gasteiger partial charge in [-0.2, -0.15) is 0 Å². The molecule has 138 valence electrons. The maximum absolute atomic E-state index is 12.2. The zero-order valence-corrected chi connectivity index (χ0v) is 15.0. The van der Waals surface area contributed by atoms with Crippen LogP contribution in [0.5, 0.6) is 0 Å². The number of esters is 1. The molecule has 2 aromatic heterocycles. The van der Waals surface area contributed by atoms with Gasteiger partial charge < -0.3 is 18.9 Å². The van der Waals surface area contributed by atoms with Gasteiger partial charge in [0, 0.05) is 37.9 Å². The van der Waals surface area contributed by atoms with Crippen molar-refractivity contribution in [3.63, 3.8) is 0 Å². The number of para-hydroxylation sites is 1. The molecule has 7 heteroatoms. The van der Waals surface area contributed by atoms with Crippen LogP contribution in [0, 0.1) is 0 Å². The molecule has 1 fully saturated rings. The predicted octanol–water partition coefficient (Wildman–Crippen LogP) is 2.46. The summed E-state index contributed by atoms with van der Waals surface area (Å²) < 4.78 is 12.8. The summed E-state index contributed by atoms with van der Waals surface area (Å²) in [6, 6.07) is 9.54. The molecule has 1 saturated heterocycles. The van der Waals surface area contributed by atoms with Gasteiger partial charge in [0.25, 0.3) is 0 Å². The van der Waals surface area contributed by atoms with Crippen molar-refractivity contribution in [1.29, 1.82) is 0 Å². The van der Waals surface area contributed by atoms with Crippen LogP contribution in [-0.2, 0) is 16.1 Å². The van der Waals surface area contributed by atoms with E-state index in [2.05, 4.69) is 14.9 Å². The van der Waals surface area contributed by atoms with Crippen molar-refractivity contribution >= 4 is 11.7 Å². The van der Waals surface area contributed by atoms with Crippen molar-refractivity contribution < 1.29 is 14.3 Å². The van der Waals surface area contributed by atoms with Gasteiger partial charge in [0.1, 0.15) is 0 Å². The fourth-order valence-electron chi connectivity index (χ4n) is 3.16. The van der Waals surface area contributed by atoms with Gasteiger partial charge in [0.05, 0.1) is 48.6 Å². The number of methoxy groups -OCH3 is 1. The van der Waals surface area contributed by atoms with E-state index in [4.69, 9.17) is 9.47 Å². The van der Waals surface area contributed by atoms with Crippen molar-refractivity contribution in [2.75, 3.05) is 25.1 Å². The standard InChI is InChI=1S/C20H20N4O3/c1-26-20(25)17-5-4-6-18(19(17)23-9-2-3-10-23)24-12-16(13-24)27-14-15-11-21-7-8-22-15/h2-11,16H,12-14H2,1H3. The van der Waals surface area contributed by atoms with Crippen molar-refractivity contribution in [2.45, 2.75) is 12.7 Å². The molecule has 0 amide bonds. The van der Waals surface area contributed by atoms with Crippen LogP contribution < -0.4 is 4.90 Å². The van der Waals surface area contributed by atoms with Gasteiger partial charge >= 0.3 is 5.97 Å². The van der Waals surface area contributed by atoms with Crippen LogP contribution in [-0.4, -0.2) is 46.8 Å². The molecule has 0 aliphatic carbocycles. The van der Waals surface area contributed by atoms with Crippen LogP contribution in [0.15, 0.2) is 61.3 Å². The van der Waals surface area contributed by atoms with Gasteiger partial charge in [0.15, 0.2) is 0 Å². The van der Waals surface area contributed by atoms with Gasteiger partial charge in [-0.3, -0.25) is 9.97 Å². The van der Waals surface area contributed by atoms with Crippen molar-refractivity contribution in [1.82, 2.24) is 14.5 Å². The fourth-order valence-corrected chi connectivity index (χ4v) is 3.16. The van der Waals surface area contributed by atoms with E-state index in [1.165, 1.54) is 7.11 Å². The van der Waals surface area contributed by atoms with Gasteiger partial charge in [0.2, 0.25) is 0 Å². The predicted molar refractivity (Wildman–Crippen MR) is 99.9 cm³/mol. The lowest BCUT2D eigenvalue weighted by atomic mass is 10.1. The molecule has 1 aliphatic heterocycles. The second kappa shape index (κ2) is 7.59. The molecule has 4 rings (SSSR count). The first-order chi connectivity index (χ1) is 13.3. The Morgan fingerprint density at radius 1 is 1.19 bits per heavy atom. The summed E-state index contributed by atoms with van der Waals surface area (Å²) in [6.07, 6.45) is 8.98. The number of hydrogen-bond acceptors (Lipinski definition) is 6. The van der Waals surface area contributed by atoms with Crippen molar-refractivity contribution in [3.05, 3.63) is 72.6 Å². The number of hydrogen-bond donors (Lipinski definition) is 0. The third-order valence-corrected chi connectivity index (χ3v) is 4.55. The van der Waals surface area contributed by atoms with Crippen LogP contribution in [0.1, 0.15) is 16.1 Å². The molecule has 1 aromatic carbocycles. The fraction of sp³-hybridized carbons (Fsp3) is 0.250. The van der Waals surface area contributed by atoms with Gasteiger partial charge in [-0.05, 0) is 24.3 Å². The van der Waals surface area contributed by atoms with E-state index in [1.807, 2.05) is 41.2 Å². The SMILES string of the molecule is COC(=O)c1cccc(N2CC(OCc3cnccn3)C2)c1-n1cccc1. The minimum Gasteiger partial charge on any atom is -0.465 e. The highest BCUT2D eigenvalue weighted by Crippen LogP contribution is 2.32. The summed E-state index contributed by atoms with van der Waals surface area (Å²) in [4.78, 5) is 22.7. The molecule has 0 unspecified atom stereocenters. The highest BCUT2D eigenvalue weighted by molar-refractivity contribution is 5.96. The number of nitrogens with zero attached hydrogens (tertiary/aromatic N) is 4. The summed E-state index contributed by atoms with van der Waals surface area (Å²) in [5, 5.41) is 0. The Balaban J connectivity index is 1.51. The van der Waals surface area contributed by atoms with E-state index >= 15 is 0 Å². The Morgan fingerprint density at radius 2 is 2.00 bits per heavy atom.